The van der Waals surface area contributed by atoms with Gasteiger partial charge in [-0.25, -0.2) is 9.59 Å². The molecule has 0 saturated heterocycles. The van der Waals surface area contributed by atoms with Crippen LogP contribution in [0.15, 0.2) is 54.6 Å². The van der Waals surface area contributed by atoms with E-state index in [1.807, 2.05) is 54.6 Å². The molecular formula is C27H36N2O7. The van der Waals surface area contributed by atoms with Gasteiger partial charge in [0.25, 0.3) is 0 Å². The first-order chi connectivity index (χ1) is 17.0. The molecule has 0 aliphatic carbocycles. The number of carbonyl (C=O) groups is 3. The Morgan fingerprint density at radius 2 is 1.56 bits per heavy atom. The summed E-state index contributed by atoms with van der Waals surface area (Å²) in [6, 6.07) is 16.1. The van der Waals surface area contributed by atoms with Crippen LogP contribution in [-0.4, -0.2) is 53.0 Å². The summed E-state index contributed by atoms with van der Waals surface area (Å²) in [6.45, 7) is 6.73. The molecule has 0 heterocycles. The van der Waals surface area contributed by atoms with Crippen LogP contribution in [0.2, 0.25) is 0 Å². The molecule has 0 aliphatic rings. The van der Waals surface area contributed by atoms with Crippen LogP contribution in [0.5, 0.6) is 0 Å². The van der Waals surface area contributed by atoms with Crippen LogP contribution >= 0.6 is 0 Å². The third kappa shape index (κ3) is 11.2. The maximum atomic E-state index is 11.9. The standard InChI is InChI=1S/C27H36N2O7/c1-27(2,3)36-26(34)29-23(25(32)33)14-11-21(24(30)31)17-19-9-12-22(13-10-19)28-15-16-35-18-20-7-5-4-6-8-20/h4-10,12-13,21,23,28H,11,14-18H2,1-3H3,(H,29,34)(H,30,31)(H,32,33)/t21?,23-/m0/s1. The van der Waals surface area contributed by atoms with Gasteiger partial charge in [-0.15, -0.1) is 0 Å². The SMILES string of the molecule is CC(C)(C)OC(=O)N[C@@H](CCC(Cc1ccc(NCCOCc2ccccc2)cc1)C(=O)O)C(=O)O. The Labute approximate surface area is 211 Å². The van der Waals surface area contributed by atoms with Gasteiger partial charge in [0.15, 0.2) is 0 Å². The van der Waals surface area contributed by atoms with E-state index in [9.17, 15) is 24.6 Å². The first-order valence-corrected chi connectivity index (χ1v) is 11.9. The quantitative estimate of drug-likeness (QED) is 0.282. The van der Waals surface area contributed by atoms with Gasteiger partial charge in [-0.2, -0.15) is 0 Å². The fraction of sp³-hybridized carbons (Fsp3) is 0.444. The summed E-state index contributed by atoms with van der Waals surface area (Å²) >= 11 is 0. The van der Waals surface area contributed by atoms with Crippen molar-refractivity contribution in [2.24, 2.45) is 5.92 Å². The van der Waals surface area contributed by atoms with Crippen molar-refractivity contribution in [3.63, 3.8) is 0 Å². The molecule has 9 heteroatoms. The number of aliphatic carboxylic acids is 2. The van der Waals surface area contributed by atoms with Gasteiger partial charge in [0, 0.05) is 12.2 Å². The van der Waals surface area contributed by atoms with E-state index in [2.05, 4.69) is 10.6 Å². The molecule has 0 aliphatic heterocycles. The summed E-state index contributed by atoms with van der Waals surface area (Å²) in [4.78, 5) is 35.3. The second-order valence-electron chi connectivity index (χ2n) is 9.52. The molecule has 0 fully saturated rings. The number of hydrogen-bond acceptors (Lipinski definition) is 6. The minimum absolute atomic E-state index is 0.0336. The zero-order valence-corrected chi connectivity index (χ0v) is 21.0. The van der Waals surface area contributed by atoms with E-state index in [0.717, 1.165) is 16.8 Å². The van der Waals surface area contributed by atoms with Crippen LogP contribution in [0.4, 0.5) is 10.5 Å². The van der Waals surface area contributed by atoms with Crippen LogP contribution in [0.1, 0.15) is 44.7 Å². The van der Waals surface area contributed by atoms with Gasteiger partial charge in [-0.1, -0.05) is 42.5 Å². The van der Waals surface area contributed by atoms with E-state index in [1.165, 1.54) is 0 Å². The highest BCUT2D eigenvalue weighted by molar-refractivity contribution is 5.80. The molecule has 0 bridgehead atoms. The van der Waals surface area contributed by atoms with Crippen molar-refractivity contribution in [2.45, 2.75) is 58.3 Å². The Morgan fingerprint density at radius 1 is 0.889 bits per heavy atom. The third-order valence-corrected chi connectivity index (χ3v) is 5.27. The van der Waals surface area contributed by atoms with Crippen molar-refractivity contribution in [2.75, 3.05) is 18.5 Å². The first kappa shape index (κ1) is 28.6. The number of carboxylic acid groups (broad SMARTS) is 2. The molecule has 0 radical (unpaired) electrons. The van der Waals surface area contributed by atoms with Crippen LogP contribution in [0.25, 0.3) is 0 Å². The molecule has 2 aromatic rings. The number of carbonyl (C=O) groups excluding carboxylic acids is 1. The van der Waals surface area contributed by atoms with E-state index in [-0.39, 0.29) is 19.3 Å². The highest BCUT2D eigenvalue weighted by atomic mass is 16.6. The van der Waals surface area contributed by atoms with Crippen molar-refractivity contribution in [3.05, 3.63) is 65.7 Å². The fourth-order valence-electron chi connectivity index (χ4n) is 3.46. The summed E-state index contributed by atoms with van der Waals surface area (Å²) in [5.74, 6) is -3.06. The molecule has 1 amide bonds. The summed E-state index contributed by atoms with van der Waals surface area (Å²) in [7, 11) is 0. The van der Waals surface area contributed by atoms with E-state index in [1.54, 1.807) is 20.8 Å². The number of nitrogens with one attached hydrogen (secondary N) is 2. The van der Waals surface area contributed by atoms with E-state index >= 15 is 0 Å². The number of ether oxygens (including phenoxy) is 2. The molecule has 36 heavy (non-hydrogen) atoms. The van der Waals surface area contributed by atoms with Gasteiger partial charge in [0.05, 0.1) is 19.1 Å². The molecule has 0 aromatic heterocycles. The zero-order chi connectivity index (χ0) is 26.6. The van der Waals surface area contributed by atoms with E-state index in [4.69, 9.17) is 9.47 Å². The monoisotopic (exact) mass is 500 g/mol. The van der Waals surface area contributed by atoms with Crippen molar-refractivity contribution in [1.29, 1.82) is 0 Å². The topological polar surface area (TPSA) is 134 Å². The van der Waals surface area contributed by atoms with E-state index in [0.29, 0.717) is 19.8 Å². The molecule has 2 rings (SSSR count). The third-order valence-electron chi connectivity index (χ3n) is 5.27. The minimum atomic E-state index is -1.24. The predicted molar refractivity (Wildman–Crippen MR) is 136 cm³/mol. The maximum absolute atomic E-state index is 11.9. The van der Waals surface area contributed by atoms with Gasteiger partial charge in [0.2, 0.25) is 0 Å². The van der Waals surface area contributed by atoms with Crippen LogP contribution in [-0.2, 0) is 32.1 Å². The molecule has 0 saturated carbocycles. The molecule has 4 N–H and O–H groups in total. The lowest BCUT2D eigenvalue weighted by Gasteiger charge is -2.22. The van der Waals surface area contributed by atoms with Crippen LogP contribution in [0, 0.1) is 5.92 Å². The number of carboxylic acids is 2. The molecular weight excluding hydrogens is 464 g/mol. The Kier molecular flexibility index (Phi) is 11.2. The van der Waals surface area contributed by atoms with Gasteiger partial charge >= 0.3 is 18.0 Å². The number of anilines is 1. The second-order valence-corrected chi connectivity index (χ2v) is 9.52. The molecule has 196 valence electrons. The van der Waals surface area contributed by atoms with E-state index < -0.39 is 35.6 Å². The van der Waals surface area contributed by atoms with Crippen LogP contribution < -0.4 is 10.6 Å². The largest absolute Gasteiger partial charge is 0.481 e. The molecule has 9 nitrogen and oxygen atoms in total. The predicted octanol–water partition coefficient (Wildman–Crippen LogP) is 4.32. The van der Waals surface area contributed by atoms with Crippen molar-refractivity contribution < 1.29 is 34.1 Å². The van der Waals surface area contributed by atoms with Gasteiger partial charge in [-0.3, -0.25) is 4.79 Å². The molecule has 1 unspecified atom stereocenters. The fourth-order valence-corrected chi connectivity index (χ4v) is 3.46. The summed E-state index contributed by atoms with van der Waals surface area (Å²) in [6.07, 6.45) is -0.556. The van der Waals surface area contributed by atoms with Crippen LogP contribution in [0.3, 0.4) is 0 Å². The van der Waals surface area contributed by atoms with Crippen molar-refractivity contribution in [1.82, 2.24) is 5.32 Å². The smallest absolute Gasteiger partial charge is 0.408 e. The highest BCUT2D eigenvalue weighted by Crippen LogP contribution is 2.19. The Morgan fingerprint density at radius 3 is 2.14 bits per heavy atom. The molecule has 2 aromatic carbocycles. The number of hydrogen-bond donors (Lipinski definition) is 4. The number of amides is 1. The lowest BCUT2D eigenvalue weighted by atomic mass is 9.93. The summed E-state index contributed by atoms with van der Waals surface area (Å²) in [5.41, 5.74) is 2.05. The van der Waals surface area contributed by atoms with Crippen molar-refractivity contribution >= 4 is 23.7 Å². The van der Waals surface area contributed by atoms with Gasteiger partial charge in [0.1, 0.15) is 11.6 Å². The number of alkyl carbamates (subject to hydrolysis) is 1. The zero-order valence-electron chi connectivity index (χ0n) is 21.0. The summed E-state index contributed by atoms with van der Waals surface area (Å²) < 4.78 is 10.7. The summed E-state index contributed by atoms with van der Waals surface area (Å²) in [5, 5.41) is 24.6. The number of benzene rings is 2. The lowest BCUT2D eigenvalue weighted by Crippen LogP contribution is -2.43. The lowest BCUT2D eigenvalue weighted by molar-refractivity contribution is -0.143. The molecule has 2 atom stereocenters. The number of rotatable bonds is 14. The maximum Gasteiger partial charge on any atom is 0.408 e. The minimum Gasteiger partial charge on any atom is -0.481 e. The molecule has 0 spiro atoms. The average molecular weight is 501 g/mol. The average Bonchev–Trinajstić information content (AvgIpc) is 2.80. The van der Waals surface area contributed by atoms with Crippen molar-refractivity contribution in [3.8, 4) is 0 Å². The Bertz CT molecular complexity index is 972. The second kappa shape index (κ2) is 14.1. The normalized spacial score (nSPS) is 12.9. The first-order valence-electron chi connectivity index (χ1n) is 11.9. The van der Waals surface area contributed by atoms with Gasteiger partial charge in [-0.05, 0) is 63.3 Å². The highest BCUT2D eigenvalue weighted by Gasteiger charge is 2.27. The Balaban J connectivity index is 1.80. The van der Waals surface area contributed by atoms with Gasteiger partial charge < -0.3 is 30.3 Å². The Hall–Kier alpha value is -3.59.